The number of nitrogens with one attached hydrogen (secondary N) is 1. The highest BCUT2D eigenvalue weighted by Gasteiger charge is 2.43. The van der Waals surface area contributed by atoms with Crippen LogP contribution in [0.4, 0.5) is 0 Å². The van der Waals surface area contributed by atoms with Gasteiger partial charge in [-0.15, -0.1) is 0 Å². The molecule has 2 rings (SSSR count). The van der Waals surface area contributed by atoms with Crippen LogP contribution in [0.15, 0.2) is 0 Å². The van der Waals surface area contributed by atoms with Crippen molar-refractivity contribution in [2.75, 3.05) is 6.61 Å². The zero-order valence-corrected chi connectivity index (χ0v) is 13.5. The first-order valence-electron chi connectivity index (χ1n) is 8.31. The van der Waals surface area contributed by atoms with Gasteiger partial charge in [0.25, 0.3) is 0 Å². The number of hydrogen-bond acceptors (Lipinski definition) is 2. The summed E-state index contributed by atoms with van der Waals surface area (Å²) in [4.78, 5) is 0. The highest BCUT2D eigenvalue weighted by Crippen LogP contribution is 2.37. The predicted octanol–water partition coefficient (Wildman–Crippen LogP) is 3.99. The molecule has 1 aliphatic heterocycles. The van der Waals surface area contributed by atoms with E-state index in [2.05, 4.69) is 39.9 Å². The Morgan fingerprint density at radius 1 is 1.16 bits per heavy atom. The Morgan fingerprint density at radius 2 is 1.79 bits per heavy atom. The molecule has 0 bridgehead atoms. The van der Waals surface area contributed by atoms with Crippen LogP contribution in [0.2, 0.25) is 0 Å². The Kier molecular flexibility index (Phi) is 4.94. The van der Waals surface area contributed by atoms with Crippen molar-refractivity contribution in [1.29, 1.82) is 0 Å². The van der Waals surface area contributed by atoms with E-state index in [4.69, 9.17) is 4.74 Å². The first-order chi connectivity index (χ1) is 8.92. The Hall–Kier alpha value is -0.0800. The zero-order valence-electron chi connectivity index (χ0n) is 13.5. The van der Waals surface area contributed by atoms with Crippen molar-refractivity contribution in [2.24, 2.45) is 17.8 Å². The summed E-state index contributed by atoms with van der Waals surface area (Å²) in [6, 6.07) is 0.532. The third-order valence-corrected chi connectivity index (χ3v) is 5.10. The number of ether oxygens (including phenoxy) is 1. The molecule has 1 spiro atoms. The highest BCUT2D eigenvalue weighted by molar-refractivity contribution is 5.00. The molecule has 0 radical (unpaired) electrons. The quantitative estimate of drug-likeness (QED) is 0.834. The second-order valence-electron chi connectivity index (χ2n) is 7.86. The van der Waals surface area contributed by atoms with E-state index in [9.17, 15) is 0 Å². The molecule has 2 heteroatoms. The van der Waals surface area contributed by atoms with Crippen molar-refractivity contribution in [3.8, 4) is 0 Å². The summed E-state index contributed by atoms with van der Waals surface area (Å²) in [6.45, 7) is 12.6. The molecule has 2 aliphatic rings. The van der Waals surface area contributed by atoms with Gasteiger partial charge in [0, 0.05) is 11.6 Å². The first kappa shape index (κ1) is 15.3. The standard InChI is InChI=1S/C17H33NO/c1-12(2)10-15-16(13(3)4)18-17(11-19-15)8-6-14(5)7-9-17/h12-16,18H,6-11H2,1-5H3. The van der Waals surface area contributed by atoms with Crippen LogP contribution in [0.5, 0.6) is 0 Å². The summed E-state index contributed by atoms with van der Waals surface area (Å²) in [5.41, 5.74) is 0.287. The molecule has 1 aliphatic carbocycles. The Bertz CT molecular complexity index is 279. The minimum absolute atomic E-state index is 0.287. The van der Waals surface area contributed by atoms with E-state index in [1.165, 1.54) is 32.1 Å². The van der Waals surface area contributed by atoms with Gasteiger partial charge in [-0.2, -0.15) is 0 Å². The van der Waals surface area contributed by atoms with Gasteiger partial charge in [0.15, 0.2) is 0 Å². The van der Waals surface area contributed by atoms with Gasteiger partial charge >= 0.3 is 0 Å². The van der Waals surface area contributed by atoms with Gasteiger partial charge in [0.2, 0.25) is 0 Å². The lowest BCUT2D eigenvalue weighted by Crippen LogP contribution is -2.65. The fraction of sp³-hybridized carbons (Fsp3) is 1.00. The van der Waals surface area contributed by atoms with Crippen LogP contribution in [0.3, 0.4) is 0 Å². The molecule has 2 nitrogen and oxygen atoms in total. The van der Waals surface area contributed by atoms with Crippen molar-refractivity contribution in [3.05, 3.63) is 0 Å². The molecule has 2 unspecified atom stereocenters. The lowest BCUT2D eigenvalue weighted by atomic mass is 9.75. The average Bonchev–Trinajstić information content (AvgIpc) is 2.35. The third-order valence-electron chi connectivity index (χ3n) is 5.10. The third kappa shape index (κ3) is 3.72. The molecular formula is C17H33NO. The minimum atomic E-state index is 0.287. The van der Waals surface area contributed by atoms with E-state index < -0.39 is 0 Å². The van der Waals surface area contributed by atoms with Gasteiger partial charge in [-0.1, -0.05) is 34.6 Å². The molecule has 112 valence electrons. The zero-order chi connectivity index (χ0) is 14.0. The van der Waals surface area contributed by atoms with E-state index >= 15 is 0 Å². The van der Waals surface area contributed by atoms with Gasteiger partial charge in [0.1, 0.15) is 0 Å². The van der Waals surface area contributed by atoms with Crippen LogP contribution < -0.4 is 5.32 Å². The van der Waals surface area contributed by atoms with Crippen molar-refractivity contribution in [1.82, 2.24) is 5.32 Å². The number of morpholine rings is 1. The van der Waals surface area contributed by atoms with Gasteiger partial charge in [-0.25, -0.2) is 0 Å². The maximum absolute atomic E-state index is 6.33. The first-order valence-corrected chi connectivity index (χ1v) is 8.31. The largest absolute Gasteiger partial charge is 0.375 e. The van der Waals surface area contributed by atoms with Crippen molar-refractivity contribution < 1.29 is 4.74 Å². The van der Waals surface area contributed by atoms with E-state index in [0.29, 0.717) is 24.0 Å². The lowest BCUT2D eigenvalue weighted by molar-refractivity contribution is -0.0932. The van der Waals surface area contributed by atoms with Crippen LogP contribution in [-0.4, -0.2) is 24.3 Å². The van der Waals surface area contributed by atoms with E-state index in [1.807, 2.05) is 0 Å². The van der Waals surface area contributed by atoms with Gasteiger partial charge < -0.3 is 10.1 Å². The monoisotopic (exact) mass is 267 g/mol. The van der Waals surface area contributed by atoms with Crippen LogP contribution in [0.1, 0.15) is 66.7 Å². The SMILES string of the molecule is CC(C)CC1OCC2(CCC(C)CC2)NC1C(C)C. The molecule has 2 fully saturated rings. The van der Waals surface area contributed by atoms with E-state index in [0.717, 1.165) is 12.5 Å². The molecule has 0 aromatic heterocycles. The van der Waals surface area contributed by atoms with Crippen LogP contribution in [0.25, 0.3) is 0 Å². The maximum Gasteiger partial charge on any atom is 0.0734 e. The lowest BCUT2D eigenvalue weighted by Gasteiger charge is -2.50. The van der Waals surface area contributed by atoms with Gasteiger partial charge in [0.05, 0.1) is 12.7 Å². The molecule has 1 saturated carbocycles. The second kappa shape index (κ2) is 6.13. The molecule has 1 heterocycles. The molecule has 19 heavy (non-hydrogen) atoms. The highest BCUT2D eigenvalue weighted by atomic mass is 16.5. The predicted molar refractivity (Wildman–Crippen MR) is 81.3 cm³/mol. The summed E-state index contributed by atoms with van der Waals surface area (Å²) in [5, 5.41) is 4.02. The number of rotatable bonds is 3. The average molecular weight is 267 g/mol. The summed E-state index contributed by atoms with van der Waals surface area (Å²) in [5.74, 6) is 2.27. The topological polar surface area (TPSA) is 21.3 Å². The molecular weight excluding hydrogens is 234 g/mol. The van der Waals surface area contributed by atoms with Crippen LogP contribution in [-0.2, 0) is 4.74 Å². The molecule has 0 aromatic rings. The Balaban J connectivity index is 2.01. The summed E-state index contributed by atoms with van der Waals surface area (Å²) >= 11 is 0. The normalized spacial score (nSPS) is 40.3. The Morgan fingerprint density at radius 3 is 2.32 bits per heavy atom. The van der Waals surface area contributed by atoms with Crippen LogP contribution >= 0.6 is 0 Å². The molecule has 1 saturated heterocycles. The molecule has 0 aromatic carbocycles. The summed E-state index contributed by atoms with van der Waals surface area (Å²) in [6.07, 6.45) is 6.90. The number of hydrogen-bond donors (Lipinski definition) is 1. The smallest absolute Gasteiger partial charge is 0.0734 e. The van der Waals surface area contributed by atoms with Crippen molar-refractivity contribution in [3.63, 3.8) is 0 Å². The van der Waals surface area contributed by atoms with Crippen LogP contribution in [0, 0.1) is 17.8 Å². The second-order valence-corrected chi connectivity index (χ2v) is 7.86. The van der Waals surface area contributed by atoms with Crippen molar-refractivity contribution in [2.45, 2.75) is 84.4 Å². The molecule has 0 amide bonds. The molecule has 1 N–H and O–H groups in total. The van der Waals surface area contributed by atoms with E-state index in [1.54, 1.807) is 0 Å². The summed E-state index contributed by atoms with van der Waals surface area (Å²) < 4.78 is 6.33. The Labute approximate surface area is 119 Å². The maximum atomic E-state index is 6.33. The fourth-order valence-corrected chi connectivity index (χ4v) is 3.74. The molecule has 2 atom stereocenters. The van der Waals surface area contributed by atoms with Gasteiger partial charge in [-0.05, 0) is 49.9 Å². The minimum Gasteiger partial charge on any atom is -0.375 e. The van der Waals surface area contributed by atoms with Gasteiger partial charge in [-0.3, -0.25) is 0 Å². The fourth-order valence-electron chi connectivity index (χ4n) is 3.74. The van der Waals surface area contributed by atoms with Crippen molar-refractivity contribution >= 4 is 0 Å². The summed E-state index contributed by atoms with van der Waals surface area (Å²) in [7, 11) is 0. The van der Waals surface area contributed by atoms with E-state index in [-0.39, 0.29) is 5.54 Å².